The molecule has 1 aliphatic rings. The maximum atomic E-state index is 13.0. The van der Waals surface area contributed by atoms with Crippen LogP contribution in [0.5, 0.6) is 11.5 Å². The summed E-state index contributed by atoms with van der Waals surface area (Å²) < 4.78 is 23.7. The van der Waals surface area contributed by atoms with Gasteiger partial charge in [-0.25, -0.2) is 0 Å². The molecule has 0 aliphatic carbocycles. The molecule has 6 heteroatoms. The molecule has 0 aromatic heterocycles. The Balaban J connectivity index is 0.00000220. The summed E-state index contributed by atoms with van der Waals surface area (Å²) >= 11 is 0. The van der Waals surface area contributed by atoms with Gasteiger partial charge in [0.1, 0.15) is 11.5 Å². The van der Waals surface area contributed by atoms with Crippen molar-refractivity contribution in [2.75, 3.05) is 47.1 Å². The molecule has 120 valence electrons. The third-order valence-electron chi connectivity index (χ3n) is 3.77. The first-order valence-electron chi connectivity index (χ1n) is 7.02. The van der Waals surface area contributed by atoms with E-state index in [4.69, 9.17) is 9.47 Å². The molecule has 1 aliphatic heterocycles. The van der Waals surface area contributed by atoms with E-state index < -0.39 is 0 Å². The van der Waals surface area contributed by atoms with Gasteiger partial charge in [0.15, 0.2) is 0 Å². The van der Waals surface area contributed by atoms with Crippen molar-refractivity contribution in [3.8, 4) is 11.5 Å². The summed E-state index contributed by atoms with van der Waals surface area (Å²) in [6.45, 7) is 3.38. The average Bonchev–Trinajstić information content (AvgIpc) is 2.53. The fraction of sp³-hybridized carbons (Fsp3) is 0.600. The molecule has 1 aromatic carbocycles. The lowest BCUT2D eigenvalue weighted by Gasteiger charge is -2.35. The molecule has 1 heterocycles. The monoisotopic (exact) mass is 318 g/mol. The van der Waals surface area contributed by atoms with E-state index >= 15 is 0 Å². The van der Waals surface area contributed by atoms with Crippen LogP contribution in [0.1, 0.15) is 18.0 Å². The summed E-state index contributed by atoms with van der Waals surface area (Å²) in [5, 5.41) is 3.32. The number of halogens is 2. The molecule has 1 fully saturated rings. The summed E-state index contributed by atoms with van der Waals surface area (Å²) in [4.78, 5) is 2.31. The van der Waals surface area contributed by atoms with Crippen LogP contribution in [0, 0.1) is 0 Å². The maximum absolute atomic E-state index is 13.0. The second-order valence-corrected chi connectivity index (χ2v) is 4.89. The van der Waals surface area contributed by atoms with Gasteiger partial charge in [-0.3, -0.25) is 9.29 Å². The first-order valence-corrected chi connectivity index (χ1v) is 7.02. The van der Waals surface area contributed by atoms with E-state index in [1.807, 2.05) is 18.2 Å². The maximum Gasteiger partial charge on any atom is 0.123 e. The fourth-order valence-corrected chi connectivity index (χ4v) is 2.73. The lowest BCUT2D eigenvalue weighted by molar-refractivity contribution is 0.154. The molecule has 0 spiro atoms. The zero-order chi connectivity index (χ0) is 14.4. The quantitative estimate of drug-likeness (QED) is 0.873. The van der Waals surface area contributed by atoms with E-state index in [0.29, 0.717) is 6.42 Å². The van der Waals surface area contributed by atoms with Gasteiger partial charge in [0.05, 0.1) is 20.9 Å². The number of hydrogen-bond donors (Lipinski definition) is 1. The van der Waals surface area contributed by atoms with Crippen molar-refractivity contribution in [2.24, 2.45) is 0 Å². The van der Waals surface area contributed by atoms with Crippen LogP contribution in [0.2, 0.25) is 0 Å². The van der Waals surface area contributed by atoms with Gasteiger partial charge < -0.3 is 14.8 Å². The molecule has 21 heavy (non-hydrogen) atoms. The van der Waals surface area contributed by atoms with Gasteiger partial charge in [-0.15, -0.1) is 12.4 Å². The van der Waals surface area contributed by atoms with Gasteiger partial charge in [0.2, 0.25) is 0 Å². The normalized spacial score (nSPS) is 16.9. The van der Waals surface area contributed by atoms with Crippen molar-refractivity contribution in [3.63, 3.8) is 0 Å². The van der Waals surface area contributed by atoms with E-state index in [9.17, 15) is 4.39 Å². The molecule has 1 aromatic rings. The summed E-state index contributed by atoms with van der Waals surface area (Å²) in [6.07, 6.45) is 0.476. The zero-order valence-electron chi connectivity index (χ0n) is 12.6. The molecule has 0 radical (unpaired) electrons. The molecule has 4 nitrogen and oxygen atoms in total. The van der Waals surface area contributed by atoms with Gasteiger partial charge in [0.25, 0.3) is 0 Å². The van der Waals surface area contributed by atoms with E-state index in [2.05, 4.69) is 10.2 Å². The van der Waals surface area contributed by atoms with Crippen molar-refractivity contribution >= 4 is 12.4 Å². The SMILES string of the molecule is COc1ccc(OC)c([C@@H](CCF)N2CCNCC2)c1.Cl. The Morgan fingerprint density at radius 2 is 1.95 bits per heavy atom. The number of alkyl halides is 1. The van der Waals surface area contributed by atoms with Crippen molar-refractivity contribution in [1.82, 2.24) is 10.2 Å². The van der Waals surface area contributed by atoms with Crippen LogP contribution in [0.15, 0.2) is 18.2 Å². The Morgan fingerprint density at radius 3 is 2.52 bits per heavy atom. The lowest BCUT2D eigenvalue weighted by Crippen LogP contribution is -2.45. The molecule has 1 saturated heterocycles. The second kappa shape index (κ2) is 9.07. The molecule has 1 N–H and O–H groups in total. The van der Waals surface area contributed by atoms with Crippen molar-refractivity contribution < 1.29 is 13.9 Å². The van der Waals surface area contributed by atoms with Crippen LogP contribution >= 0.6 is 12.4 Å². The first-order chi connectivity index (χ1) is 9.80. The molecule has 0 amide bonds. The smallest absolute Gasteiger partial charge is 0.123 e. The van der Waals surface area contributed by atoms with Crippen LogP contribution in [0.3, 0.4) is 0 Å². The first kappa shape index (κ1) is 18.0. The summed E-state index contributed by atoms with van der Waals surface area (Å²) in [5.41, 5.74) is 1.01. The zero-order valence-corrected chi connectivity index (χ0v) is 13.4. The van der Waals surface area contributed by atoms with Crippen molar-refractivity contribution in [2.45, 2.75) is 12.5 Å². The van der Waals surface area contributed by atoms with E-state index in [1.54, 1.807) is 14.2 Å². The molecule has 2 rings (SSSR count). The highest BCUT2D eigenvalue weighted by molar-refractivity contribution is 5.85. The Morgan fingerprint density at radius 1 is 1.24 bits per heavy atom. The van der Waals surface area contributed by atoms with Gasteiger partial charge in [-0.1, -0.05) is 0 Å². The van der Waals surface area contributed by atoms with Crippen LogP contribution < -0.4 is 14.8 Å². The van der Waals surface area contributed by atoms with Crippen molar-refractivity contribution in [3.05, 3.63) is 23.8 Å². The molecular weight excluding hydrogens is 295 g/mol. The summed E-state index contributed by atoms with van der Waals surface area (Å²) in [6, 6.07) is 5.75. The Bertz CT molecular complexity index is 428. The van der Waals surface area contributed by atoms with E-state index in [-0.39, 0.29) is 25.1 Å². The van der Waals surface area contributed by atoms with Gasteiger partial charge in [-0.05, 0) is 24.6 Å². The third-order valence-corrected chi connectivity index (χ3v) is 3.77. The van der Waals surface area contributed by atoms with Gasteiger partial charge in [0, 0.05) is 37.8 Å². The van der Waals surface area contributed by atoms with E-state index in [1.165, 1.54) is 0 Å². The van der Waals surface area contributed by atoms with Crippen LogP contribution in [0.25, 0.3) is 0 Å². The molecule has 1 atom stereocenters. The highest BCUT2D eigenvalue weighted by atomic mass is 35.5. The van der Waals surface area contributed by atoms with Crippen LogP contribution in [-0.4, -0.2) is 52.0 Å². The standard InChI is InChI=1S/C15H23FN2O2.ClH/c1-19-12-3-4-15(20-2)13(11-12)14(5-6-16)18-9-7-17-8-10-18;/h3-4,11,14,17H,5-10H2,1-2H3;1H/t14-;/m1./s1. The number of hydrogen-bond acceptors (Lipinski definition) is 4. The van der Waals surface area contributed by atoms with Gasteiger partial charge in [-0.2, -0.15) is 0 Å². The summed E-state index contributed by atoms with van der Waals surface area (Å²) in [5.74, 6) is 1.57. The number of piperazine rings is 1. The summed E-state index contributed by atoms with van der Waals surface area (Å²) in [7, 11) is 3.29. The average molecular weight is 319 g/mol. The molecule has 0 bridgehead atoms. The number of ether oxygens (including phenoxy) is 2. The van der Waals surface area contributed by atoms with E-state index in [0.717, 1.165) is 43.2 Å². The lowest BCUT2D eigenvalue weighted by atomic mass is 10.00. The predicted molar refractivity (Wildman–Crippen MR) is 84.6 cm³/mol. The highest BCUT2D eigenvalue weighted by Gasteiger charge is 2.25. The third kappa shape index (κ3) is 4.46. The number of benzene rings is 1. The number of nitrogens with one attached hydrogen (secondary N) is 1. The fourth-order valence-electron chi connectivity index (χ4n) is 2.73. The molecular formula is C15H24ClFN2O2. The Labute approximate surface area is 132 Å². The number of rotatable bonds is 6. The number of methoxy groups -OCH3 is 2. The minimum absolute atomic E-state index is 0. The number of nitrogens with zero attached hydrogens (tertiary/aromatic N) is 1. The molecule has 0 saturated carbocycles. The van der Waals surface area contributed by atoms with Gasteiger partial charge >= 0.3 is 0 Å². The van der Waals surface area contributed by atoms with Crippen LogP contribution in [-0.2, 0) is 0 Å². The minimum atomic E-state index is -0.338. The second-order valence-electron chi connectivity index (χ2n) is 4.89. The largest absolute Gasteiger partial charge is 0.497 e. The Hall–Kier alpha value is -1.04. The minimum Gasteiger partial charge on any atom is -0.497 e. The molecule has 0 unspecified atom stereocenters. The Kier molecular flexibility index (Phi) is 7.78. The van der Waals surface area contributed by atoms with Crippen LogP contribution in [0.4, 0.5) is 4.39 Å². The topological polar surface area (TPSA) is 33.7 Å². The predicted octanol–water partition coefficient (Wildman–Crippen LogP) is 2.43. The highest BCUT2D eigenvalue weighted by Crippen LogP contribution is 2.34. The van der Waals surface area contributed by atoms with Crippen molar-refractivity contribution in [1.29, 1.82) is 0 Å².